The Balaban J connectivity index is 1.49. The monoisotopic (exact) mass is 457 g/mol. The lowest BCUT2D eigenvalue weighted by Gasteiger charge is -2.29. The van der Waals surface area contributed by atoms with Crippen molar-refractivity contribution in [3.8, 4) is 5.75 Å². The number of hydrogen-bond acceptors (Lipinski definition) is 8. The Labute approximate surface area is 195 Å². The minimum atomic E-state index is -0.433. The quantitative estimate of drug-likeness (QED) is 0.511. The van der Waals surface area contributed by atoms with Crippen molar-refractivity contribution < 1.29 is 9.13 Å². The third-order valence-electron chi connectivity index (χ3n) is 6.55. The van der Waals surface area contributed by atoms with Crippen LogP contribution in [-0.4, -0.2) is 59.2 Å². The molecule has 0 radical (unpaired) electrons. The number of likely N-dealkylation sites (tertiary alicyclic amines) is 1. The minimum absolute atomic E-state index is 0.204. The van der Waals surface area contributed by atoms with Gasteiger partial charge in [-0.25, -0.2) is 4.39 Å². The van der Waals surface area contributed by atoms with Crippen LogP contribution in [0.2, 0.25) is 0 Å². The van der Waals surface area contributed by atoms with Crippen LogP contribution in [0.1, 0.15) is 57.2 Å². The van der Waals surface area contributed by atoms with Gasteiger partial charge in [-0.2, -0.15) is 15.0 Å². The van der Waals surface area contributed by atoms with Crippen LogP contribution in [0.5, 0.6) is 5.75 Å². The van der Waals surface area contributed by atoms with Gasteiger partial charge in [-0.05, 0) is 58.0 Å². The lowest BCUT2D eigenvalue weighted by molar-refractivity contribution is 0.233. The summed E-state index contributed by atoms with van der Waals surface area (Å²) in [5.41, 5.74) is 0.564. The maximum atomic E-state index is 14.2. The van der Waals surface area contributed by atoms with Gasteiger partial charge in [-0.3, -0.25) is 0 Å². The van der Waals surface area contributed by atoms with Crippen LogP contribution in [0.4, 0.5) is 22.0 Å². The number of anilines is 3. The maximum Gasteiger partial charge on any atom is 0.232 e. The summed E-state index contributed by atoms with van der Waals surface area (Å²) < 4.78 is 19.2. The molecule has 180 valence electrons. The molecule has 0 amide bonds. The molecule has 0 bridgehead atoms. The van der Waals surface area contributed by atoms with Gasteiger partial charge in [0.05, 0.1) is 13.7 Å². The van der Waals surface area contributed by atoms with Gasteiger partial charge in [0.2, 0.25) is 11.9 Å². The Morgan fingerprint density at radius 3 is 2.39 bits per heavy atom. The number of methoxy groups -OCH3 is 1. The van der Waals surface area contributed by atoms with Gasteiger partial charge in [0.15, 0.2) is 11.6 Å². The third-order valence-corrected chi connectivity index (χ3v) is 6.55. The van der Waals surface area contributed by atoms with Crippen molar-refractivity contribution in [3.05, 3.63) is 29.8 Å². The van der Waals surface area contributed by atoms with Crippen molar-refractivity contribution in [2.75, 3.05) is 37.9 Å². The fourth-order valence-corrected chi connectivity index (χ4v) is 4.55. The lowest BCUT2D eigenvalue weighted by Crippen LogP contribution is -2.40. The van der Waals surface area contributed by atoms with E-state index in [-0.39, 0.29) is 5.75 Å². The fourth-order valence-electron chi connectivity index (χ4n) is 4.55. The van der Waals surface area contributed by atoms with Crippen molar-refractivity contribution in [2.45, 2.75) is 70.0 Å². The number of piperidine rings is 1. The molecule has 2 aliphatic rings. The fraction of sp³-hybridized carbons (Fsp3) is 0.625. The van der Waals surface area contributed by atoms with E-state index >= 15 is 0 Å². The van der Waals surface area contributed by atoms with Gasteiger partial charge in [0, 0.05) is 23.8 Å². The molecule has 1 aromatic carbocycles. The van der Waals surface area contributed by atoms with Gasteiger partial charge in [-0.1, -0.05) is 25.7 Å². The molecule has 1 saturated heterocycles. The average molecular weight is 458 g/mol. The van der Waals surface area contributed by atoms with Crippen LogP contribution in [0.25, 0.3) is 0 Å². The zero-order chi connectivity index (χ0) is 23.0. The van der Waals surface area contributed by atoms with E-state index in [1.165, 1.54) is 38.9 Å². The van der Waals surface area contributed by atoms with E-state index in [1.54, 1.807) is 12.1 Å². The maximum absolute atomic E-state index is 14.2. The van der Waals surface area contributed by atoms with Gasteiger partial charge in [-0.15, -0.1) is 0 Å². The smallest absolute Gasteiger partial charge is 0.232 e. The number of rotatable bonds is 8. The van der Waals surface area contributed by atoms with Crippen molar-refractivity contribution in [2.24, 2.45) is 0 Å². The summed E-state index contributed by atoms with van der Waals surface area (Å²) in [7, 11) is 3.61. The highest BCUT2D eigenvalue weighted by Crippen LogP contribution is 2.24. The predicted octanol–water partition coefficient (Wildman–Crippen LogP) is 4.08. The Morgan fingerprint density at radius 2 is 1.70 bits per heavy atom. The second-order valence-corrected chi connectivity index (χ2v) is 9.16. The summed E-state index contributed by atoms with van der Waals surface area (Å²) in [6.07, 6.45) is 9.51. The zero-order valence-electron chi connectivity index (χ0n) is 19.7. The van der Waals surface area contributed by atoms with E-state index in [0.29, 0.717) is 42.0 Å². The number of benzene rings is 1. The molecule has 0 spiro atoms. The van der Waals surface area contributed by atoms with Gasteiger partial charge < -0.3 is 25.6 Å². The van der Waals surface area contributed by atoms with Gasteiger partial charge in [0.25, 0.3) is 0 Å². The van der Waals surface area contributed by atoms with Crippen molar-refractivity contribution in [3.63, 3.8) is 0 Å². The molecule has 1 aromatic heterocycles. The van der Waals surface area contributed by atoms with Crippen LogP contribution in [-0.2, 0) is 6.54 Å². The van der Waals surface area contributed by atoms with Crippen LogP contribution in [0.3, 0.4) is 0 Å². The van der Waals surface area contributed by atoms with E-state index in [4.69, 9.17) is 9.72 Å². The molecule has 4 rings (SSSR count). The topological polar surface area (TPSA) is 87.2 Å². The first-order valence-electron chi connectivity index (χ1n) is 12.1. The lowest BCUT2D eigenvalue weighted by atomic mass is 10.1. The number of ether oxygens (including phenoxy) is 1. The van der Waals surface area contributed by atoms with Crippen LogP contribution >= 0.6 is 0 Å². The van der Waals surface area contributed by atoms with Gasteiger partial charge in [0.1, 0.15) is 5.82 Å². The molecule has 0 atom stereocenters. The Bertz CT molecular complexity index is 896. The first-order chi connectivity index (χ1) is 16.1. The van der Waals surface area contributed by atoms with E-state index in [2.05, 4.69) is 37.9 Å². The molecule has 8 nitrogen and oxygen atoms in total. The summed E-state index contributed by atoms with van der Waals surface area (Å²) in [5.74, 6) is 1.43. The van der Waals surface area contributed by atoms with E-state index in [1.807, 2.05) is 0 Å². The molecule has 3 N–H and O–H groups in total. The highest BCUT2D eigenvalue weighted by Gasteiger charge is 2.18. The largest absolute Gasteiger partial charge is 0.494 e. The highest BCUT2D eigenvalue weighted by molar-refractivity contribution is 5.56. The highest BCUT2D eigenvalue weighted by atomic mass is 19.1. The summed E-state index contributed by atoms with van der Waals surface area (Å²) in [6.45, 7) is 2.76. The second-order valence-electron chi connectivity index (χ2n) is 9.16. The Hall–Kier alpha value is -2.52. The van der Waals surface area contributed by atoms with Crippen molar-refractivity contribution in [1.82, 2.24) is 25.2 Å². The number of halogens is 1. The first kappa shape index (κ1) is 23.6. The normalized spacial score (nSPS) is 18.6. The number of hydrogen-bond donors (Lipinski definition) is 3. The van der Waals surface area contributed by atoms with E-state index in [0.717, 1.165) is 38.8 Å². The minimum Gasteiger partial charge on any atom is -0.494 e. The molecule has 1 aliphatic heterocycles. The molecular formula is C24H36FN7O. The molecule has 2 heterocycles. The molecule has 2 fully saturated rings. The summed E-state index contributed by atoms with van der Waals surface area (Å²) in [4.78, 5) is 16.3. The Kier molecular flexibility index (Phi) is 8.28. The summed E-state index contributed by atoms with van der Waals surface area (Å²) in [6, 6.07) is 5.56. The number of nitrogens with zero attached hydrogens (tertiary/aromatic N) is 4. The second kappa shape index (κ2) is 11.6. The Morgan fingerprint density at radius 1 is 0.970 bits per heavy atom. The number of nitrogens with one attached hydrogen (secondary N) is 3. The molecule has 9 heteroatoms. The summed E-state index contributed by atoms with van der Waals surface area (Å²) in [5, 5.41) is 10.3. The molecule has 33 heavy (non-hydrogen) atoms. The molecular weight excluding hydrogens is 421 g/mol. The first-order valence-corrected chi connectivity index (χ1v) is 12.1. The average Bonchev–Trinajstić information content (AvgIpc) is 3.07. The third kappa shape index (κ3) is 6.98. The van der Waals surface area contributed by atoms with Crippen molar-refractivity contribution >= 4 is 17.6 Å². The zero-order valence-corrected chi connectivity index (χ0v) is 19.7. The SMILES string of the molecule is COc1ccc(Nc2nc(CNC3CCN(C)CC3)nc(NC3CCCCCC3)n2)cc1F. The molecule has 1 aliphatic carbocycles. The van der Waals surface area contributed by atoms with E-state index in [9.17, 15) is 4.39 Å². The standard InChI is InChI=1S/C24H36FN7O/c1-32-13-11-17(12-14-32)26-16-22-29-23(27-18-7-5-3-4-6-8-18)31-24(30-22)28-19-9-10-21(33-2)20(25)15-19/h9-10,15,17-18,26H,3-8,11-14,16H2,1-2H3,(H2,27,28,29,30,31). The van der Waals surface area contributed by atoms with Crippen molar-refractivity contribution in [1.29, 1.82) is 0 Å². The molecule has 2 aromatic rings. The summed E-state index contributed by atoms with van der Waals surface area (Å²) >= 11 is 0. The molecule has 1 saturated carbocycles. The van der Waals surface area contributed by atoms with Crippen LogP contribution in [0, 0.1) is 5.82 Å². The number of aromatic nitrogens is 3. The molecule has 0 unspecified atom stereocenters. The van der Waals surface area contributed by atoms with E-state index < -0.39 is 5.82 Å². The van der Waals surface area contributed by atoms with Crippen LogP contribution < -0.4 is 20.7 Å². The van der Waals surface area contributed by atoms with Crippen LogP contribution in [0.15, 0.2) is 18.2 Å². The van der Waals surface area contributed by atoms with Gasteiger partial charge >= 0.3 is 0 Å². The predicted molar refractivity (Wildman–Crippen MR) is 129 cm³/mol.